The van der Waals surface area contributed by atoms with Crippen molar-refractivity contribution < 1.29 is 9.18 Å². The summed E-state index contributed by atoms with van der Waals surface area (Å²) in [5, 5.41) is 5.54. The summed E-state index contributed by atoms with van der Waals surface area (Å²) in [5.74, 6) is -0.499. The van der Waals surface area contributed by atoms with Crippen LogP contribution in [0.5, 0.6) is 0 Å². The van der Waals surface area contributed by atoms with Crippen molar-refractivity contribution >= 4 is 17.4 Å². The van der Waals surface area contributed by atoms with Crippen LogP contribution < -0.4 is 10.6 Å². The lowest BCUT2D eigenvalue weighted by Crippen LogP contribution is -2.15. The number of anilines is 2. The van der Waals surface area contributed by atoms with Gasteiger partial charge in [0, 0.05) is 18.9 Å². The standard InChI is InChI=1S/C17H14FN5O/c18-13-5-1-2-6-14(13)23-17(24)15-10-22-16(11-20-15)21-9-12-4-3-7-19-8-12/h1-8,10-11H,9H2,(H,21,22)(H,23,24). The topological polar surface area (TPSA) is 79.8 Å². The Hall–Kier alpha value is -3.35. The molecule has 7 heteroatoms. The van der Waals surface area contributed by atoms with E-state index in [2.05, 4.69) is 25.6 Å². The highest BCUT2D eigenvalue weighted by Gasteiger charge is 2.10. The Morgan fingerprint density at radius 2 is 1.92 bits per heavy atom. The van der Waals surface area contributed by atoms with Gasteiger partial charge in [0.15, 0.2) is 0 Å². The van der Waals surface area contributed by atoms with Crippen LogP contribution in [0.1, 0.15) is 16.1 Å². The van der Waals surface area contributed by atoms with Crippen LogP contribution in [0.3, 0.4) is 0 Å². The highest BCUT2D eigenvalue weighted by molar-refractivity contribution is 6.02. The SMILES string of the molecule is O=C(Nc1ccccc1F)c1cnc(NCc2cccnc2)cn1. The van der Waals surface area contributed by atoms with Gasteiger partial charge in [0.05, 0.1) is 18.1 Å². The summed E-state index contributed by atoms with van der Waals surface area (Å²) in [5.41, 5.74) is 1.20. The molecule has 0 aliphatic rings. The zero-order valence-corrected chi connectivity index (χ0v) is 12.6. The number of hydrogen-bond donors (Lipinski definition) is 2. The minimum absolute atomic E-state index is 0.100. The normalized spacial score (nSPS) is 10.2. The Labute approximate surface area is 137 Å². The maximum Gasteiger partial charge on any atom is 0.275 e. The van der Waals surface area contributed by atoms with Crippen LogP contribution in [0.15, 0.2) is 61.2 Å². The van der Waals surface area contributed by atoms with Gasteiger partial charge in [0.1, 0.15) is 17.3 Å². The number of nitrogens with one attached hydrogen (secondary N) is 2. The molecule has 0 saturated carbocycles. The van der Waals surface area contributed by atoms with Gasteiger partial charge < -0.3 is 10.6 Å². The van der Waals surface area contributed by atoms with Gasteiger partial charge >= 0.3 is 0 Å². The van der Waals surface area contributed by atoms with Gasteiger partial charge in [-0.25, -0.2) is 14.4 Å². The first-order valence-corrected chi connectivity index (χ1v) is 7.23. The average molecular weight is 323 g/mol. The number of pyridine rings is 1. The van der Waals surface area contributed by atoms with Crippen molar-refractivity contribution in [1.82, 2.24) is 15.0 Å². The first-order valence-electron chi connectivity index (χ1n) is 7.23. The van der Waals surface area contributed by atoms with E-state index in [0.29, 0.717) is 12.4 Å². The van der Waals surface area contributed by atoms with Crippen molar-refractivity contribution in [1.29, 1.82) is 0 Å². The van der Waals surface area contributed by atoms with E-state index in [0.717, 1.165) is 5.56 Å². The van der Waals surface area contributed by atoms with Crippen LogP contribution in [0.4, 0.5) is 15.9 Å². The Kier molecular flexibility index (Phi) is 4.71. The monoisotopic (exact) mass is 323 g/mol. The number of rotatable bonds is 5. The van der Waals surface area contributed by atoms with Crippen molar-refractivity contribution in [3.63, 3.8) is 0 Å². The molecule has 2 heterocycles. The largest absolute Gasteiger partial charge is 0.365 e. The van der Waals surface area contributed by atoms with Crippen molar-refractivity contribution in [3.05, 3.63) is 78.3 Å². The molecular formula is C17H14FN5O. The highest BCUT2D eigenvalue weighted by Crippen LogP contribution is 2.13. The van der Waals surface area contributed by atoms with E-state index in [1.165, 1.54) is 24.5 Å². The smallest absolute Gasteiger partial charge is 0.275 e. The van der Waals surface area contributed by atoms with Crippen LogP contribution in [-0.2, 0) is 6.54 Å². The summed E-state index contributed by atoms with van der Waals surface area (Å²) in [6.45, 7) is 0.545. The number of benzene rings is 1. The Morgan fingerprint density at radius 3 is 2.62 bits per heavy atom. The Bertz CT molecular complexity index is 824. The second-order valence-corrected chi connectivity index (χ2v) is 4.94. The summed E-state index contributed by atoms with van der Waals surface area (Å²) in [4.78, 5) is 24.2. The zero-order chi connectivity index (χ0) is 16.8. The van der Waals surface area contributed by atoms with Crippen molar-refractivity contribution in [3.8, 4) is 0 Å². The number of para-hydroxylation sites is 1. The van der Waals surface area contributed by atoms with Crippen molar-refractivity contribution in [2.75, 3.05) is 10.6 Å². The van der Waals surface area contributed by atoms with Crippen LogP contribution in [0.25, 0.3) is 0 Å². The van der Waals surface area contributed by atoms with Crippen molar-refractivity contribution in [2.45, 2.75) is 6.54 Å². The molecule has 24 heavy (non-hydrogen) atoms. The molecule has 0 aliphatic carbocycles. The summed E-state index contributed by atoms with van der Waals surface area (Å²) in [6.07, 6.45) is 6.23. The highest BCUT2D eigenvalue weighted by atomic mass is 19.1. The van der Waals surface area contributed by atoms with Gasteiger partial charge in [-0.2, -0.15) is 0 Å². The minimum atomic E-state index is -0.522. The molecule has 0 aliphatic heterocycles. The fourth-order valence-corrected chi connectivity index (χ4v) is 1.98. The van der Waals surface area contributed by atoms with E-state index in [9.17, 15) is 9.18 Å². The Morgan fingerprint density at radius 1 is 1.04 bits per heavy atom. The maximum atomic E-state index is 13.5. The molecule has 0 atom stereocenters. The van der Waals surface area contributed by atoms with Crippen molar-refractivity contribution in [2.24, 2.45) is 0 Å². The van der Waals surface area contributed by atoms with E-state index < -0.39 is 11.7 Å². The fraction of sp³-hybridized carbons (Fsp3) is 0.0588. The third-order valence-corrected chi connectivity index (χ3v) is 3.20. The third-order valence-electron chi connectivity index (χ3n) is 3.20. The third kappa shape index (κ3) is 3.89. The molecule has 1 aromatic carbocycles. The molecular weight excluding hydrogens is 309 g/mol. The molecule has 2 aromatic heterocycles. The summed E-state index contributed by atoms with van der Waals surface area (Å²) in [6, 6.07) is 9.71. The molecule has 0 unspecified atom stereocenters. The molecule has 6 nitrogen and oxygen atoms in total. The van der Waals surface area contributed by atoms with Crippen LogP contribution in [-0.4, -0.2) is 20.9 Å². The van der Waals surface area contributed by atoms with Gasteiger partial charge in [-0.1, -0.05) is 18.2 Å². The summed E-state index contributed by atoms with van der Waals surface area (Å²) >= 11 is 0. The summed E-state index contributed by atoms with van der Waals surface area (Å²) in [7, 11) is 0. The van der Waals surface area contributed by atoms with Gasteiger partial charge in [0.25, 0.3) is 5.91 Å². The molecule has 3 rings (SSSR count). The molecule has 0 radical (unpaired) electrons. The number of carbonyl (C=O) groups excluding carboxylic acids is 1. The Balaban J connectivity index is 1.61. The number of halogens is 1. The predicted molar refractivity (Wildman–Crippen MR) is 87.9 cm³/mol. The number of carbonyl (C=O) groups is 1. The van der Waals surface area contributed by atoms with Crippen LogP contribution in [0.2, 0.25) is 0 Å². The molecule has 0 fully saturated rings. The van der Waals surface area contributed by atoms with Gasteiger partial charge in [0.2, 0.25) is 0 Å². The lowest BCUT2D eigenvalue weighted by molar-refractivity contribution is 0.102. The summed E-state index contributed by atoms with van der Waals surface area (Å²) < 4.78 is 13.5. The quantitative estimate of drug-likeness (QED) is 0.755. The molecule has 0 saturated heterocycles. The van der Waals surface area contributed by atoms with E-state index >= 15 is 0 Å². The first kappa shape index (κ1) is 15.5. The number of amides is 1. The molecule has 2 N–H and O–H groups in total. The predicted octanol–water partition coefficient (Wildman–Crippen LogP) is 2.88. The van der Waals surface area contributed by atoms with E-state index in [1.54, 1.807) is 24.5 Å². The maximum absolute atomic E-state index is 13.5. The lowest BCUT2D eigenvalue weighted by atomic mass is 10.3. The molecule has 1 amide bonds. The van der Waals surface area contributed by atoms with Crippen LogP contribution >= 0.6 is 0 Å². The van der Waals surface area contributed by atoms with E-state index in [-0.39, 0.29) is 11.4 Å². The van der Waals surface area contributed by atoms with Gasteiger partial charge in [-0.3, -0.25) is 9.78 Å². The average Bonchev–Trinajstić information content (AvgIpc) is 2.63. The zero-order valence-electron chi connectivity index (χ0n) is 12.6. The van der Waals surface area contributed by atoms with Crippen LogP contribution in [0, 0.1) is 5.82 Å². The molecule has 120 valence electrons. The first-order chi connectivity index (χ1) is 11.7. The molecule has 3 aromatic rings. The number of nitrogens with zero attached hydrogens (tertiary/aromatic N) is 3. The second kappa shape index (κ2) is 7.28. The fourth-order valence-electron chi connectivity index (χ4n) is 1.98. The second-order valence-electron chi connectivity index (χ2n) is 4.94. The lowest BCUT2D eigenvalue weighted by Gasteiger charge is -2.07. The molecule has 0 spiro atoms. The van der Waals surface area contributed by atoms with E-state index in [4.69, 9.17) is 0 Å². The van der Waals surface area contributed by atoms with E-state index in [1.807, 2.05) is 12.1 Å². The number of hydrogen-bond acceptors (Lipinski definition) is 5. The minimum Gasteiger partial charge on any atom is -0.365 e. The molecule has 0 bridgehead atoms. The van der Waals surface area contributed by atoms with Gasteiger partial charge in [-0.05, 0) is 23.8 Å². The number of aromatic nitrogens is 3. The van der Waals surface area contributed by atoms with Gasteiger partial charge in [-0.15, -0.1) is 0 Å².